The van der Waals surface area contributed by atoms with Gasteiger partial charge in [-0.25, -0.2) is 4.98 Å². The van der Waals surface area contributed by atoms with Crippen LogP contribution in [0.15, 0.2) is 48.8 Å². The second-order valence-electron chi connectivity index (χ2n) is 5.38. The van der Waals surface area contributed by atoms with Crippen molar-refractivity contribution in [3.8, 4) is 0 Å². The van der Waals surface area contributed by atoms with Gasteiger partial charge in [-0.1, -0.05) is 18.2 Å². The standard InChI is InChI=1S/C17H18N4O/c1-21(2)16-8-7-13(11-19-16)20-17(22)9-12-10-18-15-6-4-3-5-14(12)15/h3-8,10-11,18H,9H2,1-2H3,(H,20,22). The van der Waals surface area contributed by atoms with E-state index in [1.165, 1.54) is 0 Å². The molecule has 0 radical (unpaired) electrons. The van der Waals surface area contributed by atoms with E-state index in [1.807, 2.05) is 61.6 Å². The lowest BCUT2D eigenvalue weighted by atomic mass is 10.1. The first-order chi connectivity index (χ1) is 10.6. The summed E-state index contributed by atoms with van der Waals surface area (Å²) in [7, 11) is 3.86. The fraction of sp³-hybridized carbons (Fsp3) is 0.176. The molecule has 0 bridgehead atoms. The topological polar surface area (TPSA) is 61.0 Å². The number of rotatable bonds is 4. The number of carbonyl (C=O) groups excluding carboxylic acids is 1. The zero-order valence-electron chi connectivity index (χ0n) is 12.6. The molecule has 0 fully saturated rings. The molecule has 0 spiro atoms. The third-order valence-corrected chi connectivity index (χ3v) is 3.52. The lowest BCUT2D eigenvalue weighted by Crippen LogP contribution is -2.15. The molecule has 5 heteroatoms. The van der Waals surface area contributed by atoms with Crippen LogP contribution < -0.4 is 10.2 Å². The number of carbonyl (C=O) groups is 1. The van der Waals surface area contributed by atoms with Gasteiger partial charge in [-0.15, -0.1) is 0 Å². The highest BCUT2D eigenvalue weighted by molar-refractivity contribution is 5.95. The number of para-hydroxylation sites is 1. The monoisotopic (exact) mass is 294 g/mol. The van der Waals surface area contributed by atoms with Gasteiger partial charge >= 0.3 is 0 Å². The number of pyridine rings is 1. The molecule has 2 aromatic heterocycles. The highest BCUT2D eigenvalue weighted by Gasteiger charge is 2.09. The van der Waals surface area contributed by atoms with Crippen LogP contribution in [0.2, 0.25) is 0 Å². The van der Waals surface area contributed by atoms with Crippen LogP contribution in [-0.2, 0) is 11.2 Å². The van der Waals surface area contributed by atoms with Gasteiger partial charge in [0, 0.05) is 31.2 Å². The van der Waals surface area contributed by atoms with E-state index in [9.17, 15) is 4.79 Å². The van der Waals surface area contributed by atoms with Crippen molar-refractivity contribution < 1.29 is 4.79 Å². The first-order valence-corrected chi connectivity index (χ1v) is 7.12. The predicted octanol–water partition coefficient (Wildman–Crippen LogP) is 2.81. The van der Waals surface area contributed by atoms with Gasteiger partial charge in [0.05, 0.1) is 18.3 Å². The summed E-state index contributed by atoms with van der Waals surface area (Å²) in [5, 5.41) is 3.96. The number of H-pyrrole nitrogens is 1. The van der Waals surface area contributed by atoms with E-state index in [2.05, 4.69) is 15.3 Å². The van der Waals surface area contributed by atoms with Crippen LogP contribution in [0.1, 0.15) is 5.56 Å². The maximum absolute atomic E-state index is 12.2. The first-order valence-electron chi connectivity index (χ1n) is 7.12. The molecule has 0 aliphatic carbocycles. The molecule has 5 nitrogen and oxygen atoms in total. The Hall–Kier alpha value is -2.82. The number of hydrogen-bond donors (Lipinski definition) is 2. The van der Waals surface area contributed by atoms with Crippen LogP contribution in [0.25, 0.3) is 10.9 Å². The van der Waals surface area contributed by atoms with E-state index in [1.54, 1.807) is 6.20 Å². The zero-order chi connectivity index (χ0) is 15.5. The molecule has 0 aliphatic rings. The van der Waals surface area contributed by atoms with Gasteiger partial charge in [-0.2, -0.15) is 0 Å². The van der Waals surface area contributed by atoms with Gasteiger partial charge in [-0.05, 0) is 23.8 Å². The predicted molar refractivity (Wildman–Crippen MR) is 89.2 cm³/mol. The number of aromatic nitrogens is 2. The smallest absolute Gasteiger partial charge is 0.228 e. The number of aromatic amines is 1. The summed E-state index contributed by atoms with van der Waals surface area (Å²) >= 11 is 0. The lowest BCUT2D eigenvalue weighted by molar-refractivity contribution is -0.115. The fourth-order valence-electron chi connectivity index (χ4n) is 2.38. The Morgan fingerprint density at radius 3 is 2.77 bits per heavy atom. The SMILES string of the molecule is CN(C)c1ccc(NC(=O)Cc2c[nH]c3ccccc23)cn1. The van der Waals surface area contributed by atoms with E-state index in [-0.39, 0.29) is 5.91 Å². The molecular formula is C17H18N4O. The van der Waals surface area contributed by atoms with Crippen LogP contribution >= 0.6 is 0 Å². The number of nitrogens with one attached hydrogen (secondary N) is 2. The minimum absolute atomic E-state index is 0.0517. The Morgan fingerprint density at radius 2 is 2.05 bits per heavy atom. The van der Waals surface area contributed by atoms with Crippen molar-refractivity contribution in [2.24, 2.45) is 0 Å². The van der Waals surface area contributed by atoms with Gasteiger partial charge in [0.2, 0.25) is 5.91 Å². The number of anilines is 2. The highest BCUT2D eigenvalue weighted by Crippen LogP contribution is 2.19. The number of amides is 1. The Balaban J connectivity index is 1.69. The molecular weight excluding hydrogens is 276 g/mol. The Kier molecular flexibility index (Phi) is 3.78. The van der Waals surface area contributed by atoms with Crippen molar-refractivity contribution in [2.75, 3.05) is 24.3 Å². The van der Waals surface area contributed by atoms with Gasteiger partial charge in [0.15, 0.2) is 0 Å². The van der Waals surface area contributed by atoms with Crippen LogP contribution in [0.5, 0.6) is 0 Å². The second-order valence-corrected chi connectivity index (χ2v) is 5.38. The van der Waals surface area contributed by atoms with Gasteiger partial charge in [0.1, 0.15) is 5.82 Å². The molecule has 3 aromatic rings. The van der Waals surface area contributed by atoms with Crippen LogP contribution in [0.4, 0.5) is 11.5 Å². The minimum Gasteiger partial charge on any atom is -0.363 e. The summed E-state index contributed by atoms with van der Waals surface area (Å²) in [6.07, 6.45) is 3.89. The average molecular weight is 294 g/mol. The number of hydrogen-bond acceptors (Lipinski definition) is 3. The molecule has 0 atom stereocenters. The van der Waals surface area contributed by atoms with Crippen molar-refractivity contribution >= 4 is 28.3 Å². The largest absolute Gasteiger partial charge is 0.363 e. The van der Waals surface area contributed by atoms with Crippen molar-refractivity contribution in [2.45, 2.75) is 6.42 Å². The molecule has 22 heavy (non-hydrogen) atoms. The van der Waals surface area contributed by atoms with Crippen molar-refractivity contribution in [1.82, 2.24) is 9.97 Å². The summed E-state index contributed by atoms with van der Waals surface area (Å²) in [4.78, 5) is 21.6. The normalized spacial score (nSPS) is 10.6. The molecule has 3 rings (SSSR count). The molecule has 0 saturated heterocycles. The molecule has 2 heterocycles. The van der Waals surface area contributed by atoms with E-state index in [0.717, 1.165) is 22.3 Å². The van der Waals surface area contributed by atoms with Crippen LogP contribution in [0.3, 0.4) is 0 Å². The fourth-order valence-corrected chi connectivity index (χ4v) is 2.38. The Bertz CT molecular complexity index is 790. The Labute approximate surface area is 129 Å². The van der Waals surface area contributed by atoms with Crippen molar-refractivity contribution in [3.63, 3.8) is 0 Å². The van der Waals surface area contributed by atoms with E-state index >= 15 is 0 Å². The molecule has 1 amide bonds. The minimum atomic E-state index is -0.0517. The van der Waals surface area contributed by atoms with Crippen LogP contribution in [-0.4, -0.2) is 30.0 Å². The van der Waals surface area contributed by atoms with Gasteiger partial charge in [0.25, 0.3) is 0 Å². The summed E-state index contributed by atoms with van der Waals surface area (Å²) in [5.74, 6) is 0.804. The summed E-state index contributed by atoms with van der Waals surface area (Å²) in [6, 6.07) is 11.7. The molecule has 1 aromatic carbocycles. The third kappa shape index (κ3) is 2.93. The van der Waals surface area contributed by atoms with E-state index in [0.29, 0.717) is 12.1 Å². The highest BCUT2D eigenvalue weighted by atomic mass is 16.1. The van der Waals surface area contributed by atoms with Crippen LogP contribution in [0, 0.1) is 0 Å². The first kappa shape index (κ1) is 14.1. The molecule has 0 unspecified atom stereocenters. The summed E-state index contributed by atoms with van der Waals surface area (Å²) < 4.78 is 0. The van der Waals surface area contributed by atoms with Gasteiger partial charge in [-0.3, -0.25) is 4.79 Å². The summed E-state index contributed by atoms with van der Waals surface area (Å²) in [6.45, 7) is 0. The van der Waals surface area contributed by atoms with Crippen molar-refractivity contribution in [1.29, 1.82) is 0 Å². The lowest BCUT2D eigenvalue weighted by Gasteiger charge is -2.11. The Morgan fingerprint density at radius 1 is 1.23 bits per heavy atom. The van der Waals surface area contributed by atoms with Gasteiger partial charge < -0.3 is 15.2 Å². The molecule has 0 saturated carbocycles. The van der Waals surface area contributed by atoms with Crippen molar-refractivity contribution in [3.05, 3.63) is 54.4 Å². The van der Waals surface area contributed by atoms with E-state index < -0.39 is 0 Å². The molecule has 2 N–H and O–H groups in total. The average Bonchev–Trinajstić information content (AvgIpc) is 2.91. The maximum Gasteiger partial charge on any atom is 0.228 e. The zero-order valence-corrected chi connectivity index (χ0v) is 12.6. The molecule has 0 aliphatic heterocycles. The maximum atomic E-state index is 12.2. The van der Waals surface area contributed by atoms with E-state index in [4.69, 9.17) is 0 Å². The summed E-state index contributed by atoms with van der Waals surface area (Å²) in [5.41, 5.74) is 2.74. The number of benzene rings is 1. The quantitative estimate of drug-likeness (QED) is 0.778. The third-order valence-electron chi connectivity index (χ3n) is 3.52. The number of nitrogens with zero attached hydrogens (tertiary/aromatic N) is 2. The number of fused-ring (bicyclic) bond motifs is 1. The second kappa shape index (κ2) is 5.89. The molecule has 112 valence electrons.